The Hall–Kier alpha value is -1.88. The maximum atomic E-state index is 13.1. The van der Waals surface area contributed by atoms with E-state index in [4.69, 9.17) is 0 Å². The number of rotatable bonds is 4. The number of hydrogen-bond acceptors (Lipinski definition) is 4. The fraction of sp³-hybridized carbons (Fsp3) is 0.294. The highest BCUT2D eigenvalue weighted by atomic mass is 32.2. The molecule has 1 atom stereocenters. The number of nitrogens with zero attached hydrogens (tertiary/aromatic N) is 2. The number of hydrogen-bond donors (Lipinski definition) is 0. The average molecular weight is 416 g/mol. The van der Waals surface area contributed by atoms with Crippen LogP contribution in [-0.4, -0.2) is 51.1 Å². The molecule has 0 spiro atoms. The lowest BCUT2D eigenvalue weighted by Crippen LogP contribution is -2.55. The molecule has 0 radical (unpaired) electrons. The number of piperazine rings is 1. The molecule has 0 amide bonds. The van der Waals surface area contributed by atoms with Gasteiger partial charge in [0.05, 0.1) is 9.79 Å². The standard InChI is InChI=1S/C17H18F2N2O4S2/c1-13-12-20(26(22,23)16-6-2-14(18)3-7-16)10-11-21(13)27(24,25)17-8-4-15(19)5-9-17/h2-9,13H,10-12H2,1H3/t13-/m0/s1. The largest absolute Gasteiger partial charge is 0.243 e. The molecule has 1 heterocycles. The van der Waals surface area contributed by atoms with E-state index in [1.807, 2.05) is 0 Å². The third kappa shape index (κ3) is 3.88. The Kier molecular flexibility index (Phi) is 5.35. The van der Waals surface area contributed by atoms with Gasteiger partial charge >= 0.3 is 0 Å². The van der Waals surface area contributed by atoms with Gasteiger partial charge in [-0.1, -0.05) is 0 Å². The van der Waals surface area contributed by atoms with Crippen molar-refractivity contribution in [1.29, 1.82) is 0 Å². The summed E-state index contributed by atoms with van der Waals surface area (Å²) >= 11 is 0. The molecule has 0 aromatic heterocycles. The van der Waals surface area contributed by atoms with Crippen LogP contribution in [0.2, 0.25) is 0 Å². The Balaban J connectivity index is 1.81. The smallest absolute Gasteiger partial charge is 0.207 e. The molecule has 0 N–H and O–H groups in total. The van der Waals surface area contributed by atoms with Gasteiger partial charge in [-0.15, -0.1) is 0 Å². The van der Waals surface area contributed by atoms with Crippen LogP contribution in [0.1, 0.15) is 6.92 Å². The predicted molar refractivity (Wildman–Crippen MR) is 94.9 cm³/mol. The van der Waals surface area contributed by atoms with Crippen molar-refractivity contribution in [1.82, 2.24) is 8.61 Å². The molecule has 0 unspecified atom stereocenters. The molecule has 27 heavy (non-hydrogen) atoms. The number of halogens is 2. The lowest BCUT2D eigenvalue weighted by Gasteiger charge is -2.38. The Morgan fingerprint density at radius 3 is 1.67 bits per heavy atom. The van der Waals surface area contributed by atoms with Gasteiger partial charge in [-0.05, 0) is 55.5 Å². The maximum Gasteiger partial charge on any atom is 0.243 e. The summed E-state index contributed by atoms with van der Waals surface area (Å²) < 4.78 is 79.4. The van der Waals surface area contributed by atoms with Crippen LogP contribution in [0.5, 0.6) is 0 Å². The number of benzene rings is 2. The van der Waals surface area contributed by atoms with Crippen molar-refractivity contribution in [3.8, 4) is 0 Å². The van der Waals surface area contributed by atoms with Gasteiger partial charge in [-0.3, -0.25) is 0 Å². The lowest BCUT2D eigenvalue weighted by molar-refractivity contribution is 0.212. The minimum absolute atomic E-state index is 0.0372. The summed E-state index contributed by atoms with van der Waals surface area (Å²) in [4.78, 5) is -0.100. The van der Waals surface area contributed by atoms with Gasteiger partial charge in [0.15, 0.2) is 0 Å². The minimum Gasteiger partial charge on any atom is -0.207 e. The summed E-state index contributed by atoms with van der Waals surface area (Å²) in [6, 6.07) is 8.34. The Morgan fingerprint density at radius 1 is 0.778 bits per heavy atom. The van der Waals surface area contributed by atoms with Crippen LogP contribution in [0.3, 0.4) is 0 Å². The molecule has 1 fully saturated rings. The van der Waals surface area contributed by atoms with E-state index in [1.54, 1.807) is 6.92 Å². The zero-order valence-corrected chi connectivity index (χ0v) is 16.1. The molecule has 10 heteroatoms. The third-order valence-corrected chi connectivity index (χ3v) is 8.31. The fourth-order valence-corrected chi connectivity index (χ4v) is 6.11. The quantitative estimate of drug-likeness (QED) is 0.765. The van der Waals surface area contributed by atoms with Gasteiger partial charge in [-0.25, -0.2) is 25.6 Å². The fourth-order valence-electron chi connectivity index (χ4n) is 2.98. The summed E-state index contributed by atoms with van der Waals surface area (Å²) in [5, 5.41) is 0. The molecule has 1 aliphatic heterocycles. The van der Waals surface area contributed by atoms with Gasteiger partial charge in [0.2, 0.25) is 20.0 Å². The molecule has 146 valence electrons. The van der Waals surface area contributed by atoms with E-state index in [0.29, 0.717) is 0 Å². The summed E-state index contributed by atoms with van der Waals surface area (Å²) in [5.74, 6) is -1.09. The van der Waals surface area contributed by atoms with Crippen molar-refractivity contribution >= 4 is 20.0 Å². The highest BCUT2D eigenvalue weighted by Crippen LogP contribution is 2.25. The zero-order valence-electron chi connectivity index (χ0n) is 14.4. The van der Waals surface area contributed by atoms with E-state index in [2.05, 4.69) is 0 Å². The van der Waals surface area contributed by atoms with Crippen LogP contribution in [-0.2, 0) is 20.0 Å². The summed E-state index contributed by atoms with van der Waals surface area (Å²) in [6.45, 7) is 1.49. The van der Waals surface area contributed by atoms with E-state index in [-0.39, 0.29) is 29.4 Å². The first kappa shape index (κ1) is 19.9. The van der Waals surface area contributed by atoms with Crippen LogP contribution in [0.4, 0.5) is 8.78 Å². The van der Waals surface area contributed by atoms with E-state index < -0.39 is 37.7 Å². The average Bonchev–Trinajstić information content (AvgIpc) is 2.62. The van der Waals surface area contributed by atoms with E-state index in [1.165, 1.54) is 32.9 Å². The van der Waals surface area contributed by atoms with Crippen LogP contribution in [0.15, 0.2) is 58.3 Å². The second-order valence-corrected chi connectivity index (χ2v) is 10.1. The second kappa shape index (κ2) is 7.27. The predicted octanol–water partition coefficient (Wildman–Crippen LogP) is 2.05. The van der Waals surface area contributed by atoms with Crippen LogP contribution >= 0.6 is 0 Å². The molecule has 2 aromatic rings. The molecule has 6 nitrogen and oxygen atoms in total. The van der Waals surface area contributed by atoms with Crippen molar-refractivity contribution in [2.45, 2.75) is 22.8 Å². The first-order valence-corrected chi connectivity index (χ1v) is 11.0. The highest BCUT2D eigenvalue weighted by Gasteiger charge is 2.38. The molecule has 1 saturated heterocycles. The van der Waals surface area contributed by atoms with Gasteiger partial charge in [0.1, 0.15) is 11.6 Å². The zero-order chi connectivity index (χ0) is 19.8. The molecule has 1 aliphatic rings. The first-order chi connectivity index (χ1) is 12.6. The summed E-state index contributed by atoms with van der Waals surface area (Å²) in [5.41, 5.74) is 0. The van der Waals surface area contributed by atoms with Crippen molar-refractivity contribution in [2.24, 2.45) is 0 Å². The minimum atomic E-state index is -3.87. The molecule has 3 rings (SSSR count). The van der Waals surface area contributed by atoms with Crippen LogP contribution in [0.25, 0.3) is 0 Å². The normalized spacial score (nSPS) is 19.9. The Bertz CT molecular complexity index is 1020. The molecule has 0 aliphatic carbocycles. The van der Waals surface area contributed by atoms with E-state index in [9.17, 15) is 25.6 Å². The highest BCUT2D eigenvalue weighted by molar-refractivity contribution is 7.89. The van der Waals surface area contributed by atoms with E-state index >= 15 is 0 Å². The SMILES string of the molecule is C[C@H]1CN(S(=O)(=O)c2ccc(F)cc2)CCN1S(=O)(=O)c1ccc(F)cc1. The van der Waals surface area contributed by atoms with Gasteiger partial charge in [-0.2, -0.15) is 8.61 Å². The van der Waals surface area contributed by atoms with Crippen molar-refractivity contribution in [2.75, 3.05) is 19.6 Å². The summed E-state index contributed by atoms with van der Waals surface area (Å²) in [7, 11) is -7.73. The first-order valence-electron chi connectivity index (χ1n) is 8.15. The van der Waals surface area contributed by atoms with Crippen molar-refractivity contribution < 1.29 is 25.6 Å². The molecule has 0 bridgehead atoms. The molecule has 2 aromatic carbocycles. The monoisotopic (exact) mass is 416 g/mol. The van der Waals surface area contributed by atoms with Crippen LogP contribution < -0.4 is 0 Å². The number of sulfonamides is 2. The molecule has 0 saturated carbocycles. The van der Waals surface area contributed by atoms with Crippen molar-refractivity contribution in [3.05, 3.63) is 60.2 Å². The molecular formula is C17H18F2N2O4S2. The second-order valence-electron chi connectivity index (χ2n) is 6.24. The summed E-state index contributed by atoms with van der Waals surface area (Å²) in [6.07, 6.45) is 0. The molecular weight excluding hydrogens is 398 g/mol. The van der Waals surface area contributed by atoms with Gasteiger partial charge in [0, 0.05) is 25.7 Å². The Morgan fingerprint density at radius 2 is 1.22 bits per heavy atom. The van der Waals surface area contributed by atoms with Crippen molar-refractivity contribution in [3.63, 3.8) is 0 Å². The van der Waals surface area contributed by atoms with Crippen LogP contribution in [0, 0.1) is 11.6 Å². The van der Waals surface area contributed by atoms with Gasteiger partial charge in [0.25, 0.3) is 0 Å². The Labute approximate surface area is 157 Å². The topological polar surface area (TPSA) is 74.8 Å². The third-order valence-electron chi connectivity index (χ3n) is 4.40. The maximum absolute atomic E-state index is 13.1. The lowest BCUT2D eigenvalue weighted by atomic mass is 10.3. The van der Waals surface area contributed by atoms with Gasteiger partial charge < -0.3 is 0 Å². The van der Waals surface area contributed by atoms with E-state index in [0.717, 1.165) is 24.3 Å².